The average molecular weight is 512 g/mol. The molecule has 2 aliphatic rings. The van der Waals surface area contributed by atoms with Crippen molar-refractivity contribution in [2.75, 3.05) is 31.4 Å². The number of β-lactam (4-membered cyclic amide) rings is 1. The van der Waals surface area contributed by atoms with Crippen molar-refractivity contribution >= 4 is 54.4 Å². The Morgan fingerprint density at radius 3 is 2.71 bits per heavy atom. The van der Waals surface area contributed by atoms with E-state index in [4.69, 9.17) is 15.1 Å². The maximum atomic E-state index is 13.0. The molecule has 1 aromatic heterocycles. The Hall–Kier alpha value is -3.45. The second kappa shape index (κ2) is 9.81. The molecule has 0 spiro atoms. The van der Waals surface area contributed by atoms with Gasteiger partial charge in [0.2, 0.25) is 5.71 Å². The highest BCUT2D eigenvalue weighted by atomic mass is 32.2. The maximum Gasteiger partial charge on any atom is 0.352 e. The molecule has 0 aliphatic carbocycles. The molecule has 0 radical (unpaired) electrons. The van der Waals surface area contributed by atoms with Crippen LogP contribution in [0.3, 0.4) is 0 Å². The Morgan fingerprint density at radius 2 is 2.12 bits per heavy atom. The number of anilines is 1. The van der Waals surface area contributed by atoms with Crippen LogP contribution in [0.15, 0.2) is 28.7 Å². The van der Waals surface area contributed by atoms with Crippen LogP contribution < -0.4 is 11.1 Å². The average Bonchev–Trinajstić information content (AvgIpc) is 2.74. The van der Waals surface area contributed by atoms with E-state index >= 15 is 0 Å². The Balaban J connectivity index is 1.83. The Labute approximate surface area is 197 Å². The van der Waals surface area contributed by atoms with E-state index in [-0.39, 0.29) is 35.3 Å². The predicted molar refractivity (Wildman–Crippen MR) is 120 cm³/mol. The number of nitrogens with one attached hydrogen (secondary N) is 1. The number of rotatable bonds is 8. The summed E-state index contributed by atoms with van der Waals surface area (Å²) >= 11 is 1.19. The van der Waals surface area contributed by atoms with E-state index in [2.05, 4.69) is 20.4 Å². The van der Waals surface area contributed by atoms with E-state index in [1.54, 1.807) is 0 Å². The van der Waals surface area contributed by atoms with Crippen molar-refractivity contribution in [3.63, 3.8) is 0 Å². The van der Waals surface area contributed by atoms with Gasteiger partial charge in [0.1, 0.15) is 29.5 Å². The van der Waals surface area contributed by atoms with Crippen molar-refractivity contribution in [3.8, 4) is 0 Å². The molecule has 0 unspecified atom stereocenters. The molecule has 2 amide bonds. The van der Waals surface area contributed by atoms with Crippen LogP contribution in [-0.4, -0.2) is 86.5 Å². The minimum absolute atomic E-state index is 0.0342. The molecule has 3 heterocycles. The summed E-state index contributed by atoms with van der Waals surface area (Å²) in [6, 6.07) is 0.285. The number of hydrogen-bond acceptors (Lipinski definition) is 12. The van der Waals surface area contributed by atoms with Crippen molar-refractivity contribution in [1.82, 2.24) is 20.2 Å². The van der Waals surface area contributed by atoms with Gasteiger partial charge in [-0.1, -0.05) is 5.16 Å². The van der Waals surface area contributed by atoms with Gasteiger partial charge < -0.3 is 25.5 Å². The molecule has 1 aromatic rings. The zero-order valence-corrected chi connectivity index (χ0v) is 20.0. The second-order valence-electron chi connectivity index (χ2n) is 7.48. The lowest BCUT2D eigenvalue weighted by Crippen LogP contribution is -2.71. The van der Waals surface area contributed by atoms with Gasteiger partial charge >= 0.3 is 11.9 Å². The maximum absolute atomic E-state index is 13.0. The number of carbonyl (C=O) groups excluding carboxylic acids is 3. The quantitative estimate of drug-likeness (QED) is 0.134. The van der Waals surface area contributed by atoms with Crippen LogP contribution in [-0.2, 0) is 33.1 Å². The number of nitrogen functional groups attached to an aromatic ring is 1. The Bertz CT molecular complexity index is 1160. The zero-order valence-electron chi connectivity index (χ0n) is 18.3. The van der Waals surface area contributed by atoms with Crippen LogP contribution in [0.1, 0.15) is 12.7 Å². The number of carboxylic acid groups (broad SMARTS) is 1. The van der Waals surface area contributed by atoms with E-state index in [1.165, 1.54) is 44.3 Å². The minimum Gasteiger partial charge on any atom is -0.477 e. The first kappa shape index (κ1) is 25.2. The fraction of sp³-hybridized carbons (Fsp3) is 0.389. The summed E-state index contributed by atoms with van der Waals surface area (Å²) in [5, 5.41) is 15.0. The number of nitrogens with zero attached hydrogens (tertiary/aromatic N) is 4. The summed E-state index contributed by atoms with van der Waals surface area (Å²) in [5.74, 6) is -3.58. The summed E-state index contributed by atoms with van der Waals surface area (Å²) in [7, 11) is -3.14. The molecule has 2 atom stereocenters. The van der Waals surface area contributed by atoms with Gasteiger partial charge in [-0.3, -0.25) is 23.8 Å². The van der Waals surface area contributed by atoms with Gasteiger partial charge in [-0.05, 0) is 6.07 Å². The number of aromatic nitrogens is 2. The largest absolute Gasteiger partial charge is 0.477 e. The SMILES string of the molecule is CC(=O)OCC1=C(C(=O)O)N2C(=O)[C@H](NC(=O)C(=NOP(C)(C)=O)c3nccc(N)n3)[C@H]2SC1. The fourth-order valence-corrected chi connectivity index (χ4v) is 4.61. The molecule has 1 saturated heterocycles. The fourth-order valence-electron chi connectivity index (χ4n) is 3.00. The normalized spacial score (nSPS) is 20.3. The number of carboxylic acids is 1. The first-order valence-electron chi connectivity index (χ1n) is 9.64. The lowest BCUT2D eigenvalue weighted by atomic mass is 10.0. The molecule has 16 heteroatoms. The van der Waals surface area contributed by atoms with Crippen LogP contribution >= 0.6 is 19.1 Å². The van der Waals surface area contributed by atoms with Crippen LogP contribution in [0.4, 0.5) is 5.82 Å². The summed E-state index contributed by atoms with van der Waals surface area (Å²) in [6.45, 7) is 3.48. The third kappa shape index (κ3) is 5.54. The molecule has 0 bridgehead atoms. The highest BCUT2D eigenvalue weighted by molar-refractivity contribution is 8.00. The highest BCUT2D eigenvalue weighted by Crippen LogP contribution is 2.40. The molecule has 4 N–H and O–H groups in total. The third-order valence-corrected chi connectivity index (χ3v) is 6.23. The number of carbonyl (C=O) groups is 4. The summed E-state index contributed by atoms with van der Waals surface area (Å²) in [5.41, 5.74) is 5.13. The van der Waals surface area contributed by atoms with E-state index in [9.17, 15) is 28.8 Å². The summed E-state index contributed by atoms with van der Waals surface area (Å²) < 4.78 is 21.7. The van der Waals surface area contributed by atoms with Gasteiger partial charge in [0.25, 0.3) is 19.2 Å². The number of thioether (sulfide) groups is 1. The standard InChI is InChI=1S/C18H21N6O8PS/c1-8(25)31-6-9-7-34-17-12(16(27)24(17)13(9)18(28)29)22-15(26)11(23-32-33(2,3)30)14-20-5-4-10(19)21-14/h4-5,12,17H,6-7H2,1-3H3,(H,22,26)(H,28,29)(H2,19,20,21)/t12-,17+/m0/s1. The number of amides is 2. The molecule has 1 fully saturated rings. The lowest BCUT2D eigenvalue weighted by Gasteiger charge is -2.49. The third-order valence-electron chi connectivity index (χ3n) is 4.42. The highest BCUT2D eigenvalue weighted by Gasteiger charge is 2.54. The van der Waals surface area contributed by atoms with Crippen molar-refractivity contribution < 1.29 is 38.2 Å². The van der Waals surface area contributed by atoms with Gasteiger partial charge in [-0.2, -0.15) is 0 Å². The van der Waals surface area contributed by atoms with Gasteiger partial charge in [-0.25, -0.2) is 14.8 Å². The molecule has 14 nitrogen and oxygen atoms in total. The van der Waals surface area contributed by atoms with Crippen LogP contribution in [0.2, 0.25) is 0 Å². The number of aliphatic carboxylic acids is 1. The molecule has 0 saturated carbocycles. The van der Waals surface area contributed by atoms with Gasteiger partial charge in [-0.15, -0.1) is 11.8 Å². The smallest absolute Gasteiger partial charge is 0.352 e. The minimum atomic E-state index is -3.14. The van der Waals surface area contributed by atoms with Gasteiger partial charge in [0.15, 0.2) is 5.82 Å². The van der Waals surface area contributed by atoms with E-state index in [0.29, 0.717) is 0 Å². The van der Waals surface area contributed by atoms with E-state index in [0.717, 1.165) is 4.90 Å². The number of ether oxygens (including phenoxy) is 1. The van der Waals surface area contributed by atoms with Crippen molar-refractivity contribution in [3.05, 3.63) is 29.4 Å². The monoisotopic (exact) mass is 512 g/mol. The summed E-state index contributed by atoms with van der Waals surface area (Å²) in [6.07, 6.45) is 1.28. The van der Waals surface area contributed by atoms with E-state index < -0.39 is 48.2 Å². The molecular formula is C18H21N6O8PS. The topological polar surface area (TPSA) is 203 Å². The number of esters is 1. The molecule has 182 valence electrons. The Morgan fingerprint density at radius 1 is 1.41 bits per heavy atom. The molecule has 3 rings (SSSR count). The molecule has 0 aromatic carbocycles. The van der Waals surface area contributed by atoms with Crippen molar-refractivity contribution in [2.45, 2.75) is 18.3 Å². The summed E-state index contributed by atoms with van der Waals surface area (Å²) in [4.78, 5) is 57.5. The number of nitrogens with two attached hydrogens (primary N) is 1. The van der Waals surface area contributed by atoms with Gasteiger partial charge in [0, 0.05) is 37.8 Å². The number of fused-ring (bicyclic) bond motifs is 1. The van der Waals surface area contributed by atoms with Crippen LogP contribution in [0.5, 0.6) is 0 Å². The molecule has 34 heavy (non-hydrogen) atoms. The Kier molecular flexibility index (Phi) is 7.26. The van der Waals surface area contributed by atoms with Crippen molar-refractivity contribution in [2.24, 2.45) is 5.16 Å². The first-order valence-corrected chi connectivity index (χ1v) is 13.2. The predicted octanol–water partition coefficient (Wildman–Crippen LogP) is -0.381. The van der Waals surface area contributed by atoms with Crippen molar-refractivity contribution in [1.29, 1.82) is 0 Å². The van der Waals surface area contributed by atoms with Crippen LogP contribution in [0.25, 0.3) is 0 Å². The molecule has 2 aliphatic heterocycles. The van der Waals surface area contributed by atoms with E-state index in [1.807, 2.05) is 0 Å². The van der Waals surface area contributed by atoms with Gasteiger partial charge in [0.05, 0.1) is 0 Å². The number of hydrogen-bond donors (Lipinski definition) is 3. The molecular weight excluding hydrogens is 491 g/mol. The number of oxime groups is 1. The van der Waals surface area contributed by atoms with Crippen LogP contribution in [0, 0.1) is 0 Å². The zero-order chi connectivity index (χ0) is 25.2. The lowest BCUT2D eigenvalue weighted by molar-refractivity contribution is -0.150. The first-order chi connectivity index (χ1) is 15.9. The second-order valence-corrected chi connectivity index (χ2v) is 11.2.